The topological polar surface area (TPSA) is 0 Å². The van der Waals surface area contributed by atoms with Crippen molar-refractivity contribution in [3.8, 4) is 0 Å². The highest BCUT2D eigenvalue weighted by Crippen LogP contribution is 2.07. The molecule has 0 saturated carbocycles. The van der Waals surface area contributed by atoms with Gasteiger partial charge in [0.1, 0.15) is 0 Å². The maximum Gasteiger partial charge on any atom is -0.0395 e. The molecular weight excluding hydrogens is 156 g/mol. The van der Waals surface area contributed by atoms with Crippen molar-refractivity contribution in [1.82, 2.24) is 0 Å². The fourth-order valence-corrected chi connectivity index (χ4v) is 0.891. The van der Waals surface area contributed by atoms with Crippen molar-refractivity contribution >= 4 is 0 Å². The molecule has 0 bridgehead atoms. The molecule has 0 heteroatoms. The van der Waals surface area contributed by atoms with Crippen LogP contribution in [-0.2, 0) is 0 Å². The van der Waals surface area contributed by atoms with E-state index in [0.29, 0.717) is 0 Å². The molecule has 1 aromatic rings. The number of aryl methyl sites for hydroxylation is 3. The molecule has 78 valence electrons. The van der Waals surface area contributed by atoms with E-state index in [-0.39, 0.29) is 14.9 Å². The van der Waals surface area contributed by atoms with Gasteiger partial charge in [0.05, 0.1) is 0 Å². The Hall–Kier alpha value is -0.780. The molecule has 1 rings (SSSR count). The van der Waals surface area contributed by atoms with Gasteiger partial charge in [-0.1, -0.05) is 52.5 Å². The lowest BCUT2D eigenvalue weighted by molar-refractivity contribution is 1.30. The summed E-state index contributed by atoms with van der Waals surface area (Å²) in [5, 5.41) is 0. The summed E-state index contributed by atoms with van der Waals surface area (Å²) in [5.41, 5.74) is 4.11. The van der Waals surface area contributed by atoms with Crippen LogP contribution in [0.1, 0.15) is 45.4 Å². The van der Waals surface area contributed by atoms with E-state index < -0.39 is 0 Å². The maximum absolute atomic E-state index is 2.20. The van der Waals surface area contributed by atoms with E-state index in [2.05, 4.69) is 39.0 Å². The van der Waals surface area contributed by atoms with Crippen LogP contribution in [0.2, 0.25) is 0 Å². The van der Waals surface area contributed by atoms with Gasteiger partial charge in [0.25, 0.3) is 0 Å². The van der Waals surface area contributed by atoms with Crippen molar-refractivity contribution in [2.45, 2.75) is 49.5 Å². The Labute approximate surface area is 85.0 Å². The first-order chi connectivity index (χ1) is 5.20. The molecule has 0 unspecified atom stereocenters. The molecule has 0 aliphatic rings. The molecule has 0 spiro atoms. The lowest BCUT2D eigenvalue weighted by Gasteiger charge is -1.98. The molecule has 0 aliphatic heterocycles. The predicted octanol–water partition coefficient (Wildman–Crippen LogP) is 4.91. The first-order valence-electron chi connectivity index (χ1n) is 4.24. The highest BCUT2D eigenvalue weighted by atomic mass is 13.9. The minimum Gasteiger partial charge on any atom is -0.0776 e. The first kappa shape index (κ1) is 18.1. The van der Waals surface area contributed by atoms with Gasteiger partial charge in [-0.3, -0.25) is 0 Å². The Morgan fingerprint density at radius 2 is 1.23 bits per heavy atom. The summed E-state index contributed by atoms with van der Waals surface area (Å²) in [6, 6.07) is 6.50. The second kappa shape index (κ2) is 9.31. The van der Waals surface area contributed by atoms with Gasteiger partial charge in [-0.05, 0) is 31.9 Å². The predicted molar refractivity (Wildman–Crippen MR) is 65.5 cm³/mol. The zero-order valence-electron chi connectivity index (χ0n) is 8.23. The minimum atomic E-state index is 0. The molecule has 13 heavy (non-hydrogen) atoms. The Bertz CT molecular complexity index is 211. The van der Waals surface area contributed by atoms with Crippen molar-refractivity contribution in [3.05, 3.63) is 34.9 Å². The molecule has 0 aromatic heterocycles. The van der Waals surface area contributed by atoms with E-state index in [4.69, 9.17) is 0 Å². The number of rotatable bonds is 0. The molecule has 0 radical (unpaired) electrons. The van der Waals surface area contributed by atoms with E-state index in [1.807, 2.05) is 13.8 Å². The van der Waals surface area contributed by atoms with Crippen LogP contribution < -0.4 is 0 Å². The summed E-state index contributed by atoms with van der Waals surface area (Å²) < 4.78 is 0. The van der Waals surface area contributed by atoms with E-state index in [0.717, 1.165) is 0 Å². The average molecular weight is 182 g/mol. The standard InChI is InChI=1S/C9H12.C2H6.2CH4/c1-7-4-5-8(2)9(3)6-7;1-2;;/h4-6H,1-3H3;1-2H3;2*1H4. The lowest BCUT2D eigenvalue weighted by atomic mass is 10.1. The fourth-order valence-electron chi connectivity index (χ4n) is 0.891. The third-order valence-corrected chi connectivity index (χ3v) is 1.66. The van der Waals surface area contributed by atoms with Gasteiger partial charge in [0, 0.05) is 0 Å². The van der Waals surface area contributed by atoms with Crippen LogP contribution in [0.15, 0.2) is 18.2 Å². The Kier molecular flexibility index (Phi) is 13.0. The van der Waals surface area contributed by atoms with Crippen molar-refractivity contribution in [1.29, 1.82) is 0 Å². The normalized spacial score (nSPS) is 7.15. The lowest BCUT2D eigenvalue weighted by Crippen LogP contribution is -1.79. The van der Waals surface area contributed by atoms with Crippen LogP contribution in [0.3, 0.4) is 0 Å². The summed E-state index contributed by atoms with van der Waals surface area (Å²) in [7, 11) is 0. The van der Waals surface area contributed by atoms with Crippen LogP contribution in [0.5, 0.6) is 0 Å². The van der Waals surface area contributed by atoms with E-state index in [9.17, 15) is 0 Å². The Balaban J connectivity index is -0.000000234. The van der Waals surface area contributed by atoms with Gasteiger partial charge in [-0.15, -0.1) is 0 Å². The maximum atomic E-state index is 2.20. The molecule has 0 aliphatic carbocycles. The quantitative estimate of drug-likeness (QED) is 0.535. The van der Waals surface area contributed by atoms with Crippen LogP contribution >= 0.6 is 0 Å². The molecule has 0 heterocycles. The minimum absolute atomic E-state index is 0. The van der Waals surface area contributed by atoms with Gasteiger partial charge in [0.15, 0.2) is 0 Å². The molecule has 0 nitrogen and oxygen atoms in total. The summed E-state index contributed by atoms with van der Waals surface area (Å²) in [5.74, 6) is 0. The Morgan fingerprint density at radius 1 is 0.769 bits per heavy atom. The van der Waals surface area contributed by atoms with Crippen LogP contribution in [0.25, 0.3) is 0 Å². The summed E-state index contributed by atoms with van der Waals surface area (Å²) in [6.45, 7) is 10.4. The third kappa shape index (κ3) is 6.39. The molecule has 0 atom stereocenters. The monoisotopic (exact) mass is 182 g/mol. The van der Waals surface area contributed by atoms with Crippen LogP contribution in [0, 0.1) is 20.8 Å². The van der Waals surface area contributed by atoms with Crippen molar-refractivity contribution < 1.29 is 0 Å². The molecule has 0 amide bonds. The zero-order chi connectivity index (χ0) is 8.85. The number of hydrogen-bond donors (Lipinski definition) is 0. The SMILES string of the molecule is C.C.CC.Cc1ccc(C)c(C)c1. The number of benzene rings is 1. The first-order valence-corrected chi connectivity index (χ1v) is 4.24. The van der Waals surface area contributed by atoms with Gasteiger partial charge in [-0.2, -0.15) is 0 Å². The fraction of sp³-hybridized carbons (Fsp3) is 0.538. The summed E-state index contributed by atoms with van der Waals surface area (Å²) >= 11 is 0. The smallest absolute Gasteiger partial charge is 0.0395 e. The second-order valence-electron chi connectivity index (χ2n) is 2.59. The van der Waals surface area contributed by atoms with Crippen molar-refractivity contribution in [2.24, 2.45) is 0 Å². The average Bonchev–Trinajstić information content (AvgIpc) is 2.02. The van der Waals surface area contributed by atoms with Gasteiger partial charge in [0.2, 0.25) is 0 Å². The van der Waals surface area contributed by atoms with Gasteiger partial charge in [-0.25, -0.2) is 0 Å². The summed E-state index contributed by atoms with van der Waals surface area (Å²) in [6.07, 6.45) is 0. The van der Waals surface area contributed by atoms with Crippen molar-refractivity contribution in [3.63, 3.8) is 0 Å². The molecule has 0 fully saturated rings. The van der Waals surface area contributed by atoms with Crippen LogP contribution in [-0.4, -0.2) is 0 Å². The molecule has 1 aromatic carbocycles. The zero-order valence-corrected chi connectivity index (χ0v) is 8.23. The third-order valence-electron chi connectivity index (χ3n) is 1.66. The highest BCUT2D eigenvalue weighted by molar-refractivity contribution is 5.28. The van der Waals surface area contributed by atoms with Gasteiger partial charge < -0.3 is 0 Å². The molecule has 0 N–H and O–H groups in total. The second-order valence-corrected chi connectivity index (χ2v) is 2.59. The molecule has 0 saturated heterocycles. The van der Waals surface area contributed by atoms with Crippen LogP contribution in [0.4, 0.5) is 0 Å². The molecular formula is C13H26. The van der Waals surface area contributed by atoms with Crippen molar-refractivity contribution in [2.75, 3.05) is 0 Å². The van der Waals surface area contributed by atoms with E-state index in [1.165, 1.54) is 16.7 Å². The summed E-state index contributed by atoms with van der Waals surface area (Å²) in [4.78, 5) is 0. The number of hydrogen-bond acceptors (Lipinski definition) is 0. The Morgan fingerprint density at radius 3 is 1.54 bits per heavy atom. The largest absolute Gasteiger partial charge is 0.0776 e. The van der Waals surface area contributed by atoms with Gasteiger partial charge >= 0.3 is 0 Å². The highest BCUT2D eigenvalue weighted by Gasteiger charge is 1.89. The van der Waals surface area contributed by atoms with E-state index in [1.54, 1.807) is 0 Å². The van der Waals surface area contributed by atoms with E-state index >= 15 is 0 Å².